The molecule has 3 aliphatic rings. The van der Waals surface area contributed by atoms with E-state index in [-0.39, 0.29) is 46.8 Å². The number of anilines is 1. The number of nitrogen functional groups attached to an aromatic ring is 1. The Kier molecular flexibility index (Phi) is 4.14. The van der Waals surface area contributed by atoms with Crippen molar-refractivity contribution < 1.29 is 27.8 Å². The third-order valence-electron chi connectivity index (χ3n) is 6.74. The van der Waals surface area contributed by atoms with E-state index in [2.05, 4.69) is 4.98 Å². The van der Waals surface area contributed by atoms with Crippen LogP contribution in [0.25, 0.3) is 28.4 Å². The number of fused-ring (bicyclic) bond motifs is 5. The number of esters is 1. The maximum absolute atomic E-state index is 13.7. The molecular formula is C23H16F3N3O4S. The second-order valence-electron chi connectivity index (χ2n) is 8.44. The number of nitrogens with two attached hydrogens (primary N) is 1. The lowest BCUT2D eigenvalue weighted by Gasteiger charge is -2.31. The summed E-state index contributed by atoms with van der Waals surface area (Å²) in [5.41, 5.74) is 4.55. The molecule has 0 saturated heterocycles. The van der Waals surface area contributed by atoms with Crippen LogP contribution in [-0.2, 0) is 34.5 Å². The van der Waals surface area contributed by atoms with Crippen molar-refractivity contribution >= 4 is 40.4 Å². The summed E-state index contributed by atoms with van der Waals surface area (Å²) in [5.74, 6) is -0.846. The van der Waals surface area contributed by atoms with Crippen LogP contribution >= 0.6 is 11.8 Å². The van der Waals surface area contributed by atoms with Gasteiger partial charge in [-0.2, -0.15) is 13.2 Å². The third kappa shape index (κ3) is 2.56. The summed E-state index contributed by atoms with van der Waals surface area (Å²) in [6.07, 6.45) is -2.90. The zero-order chi connectivity index (χ0) is 24.2. The van der Waals surface area contributed by atoms with Crippen LogP contribution in [0.2, 0.25) is 0 Å². The van der Waals surface area contributed by atoms with Gasteiger partial charge in [0.05, 0.1) is 40.3 Å². The van der Waals surface area contributed by atoms with Crippen LogP contribution in [0.3, 0.4) is 0 Å². The number of alkyl halides is 3. The Morgan fingerprint density at radius 3 is 2.76 bits per heavy atom. The molecule has 0 spiro atoms. The van der Waals surface area contributed by atoms with Gasteiger partial charge in [-0.15, -0.1) is 0 Å². The van der Waals surface area contributed by atoms with Crippen molar-refractivity contribution in [1.29, 1.82) is 0 Å². The van der Waals surface area contributed by atoms with Crippen molar-refractivity contribution in [1.82, 2.24) is 9.55 Å². The minimum Gasteiger partial charge on any atom is -0.458 e. The van der Waals surface area contributed by atoms with E-state index in [1.165, 1.54) is 10.6 Å². The van der Waals surface area contributed by atoms with E-state index >= 15 is 0 Å². The van der Waals surface area contributed by atoms with E-state index < -0.39 is 28.9 Å². The Morgan fingerprint density at radius 1 is 1.29 bits per heavy atom. The van der Waals surface area contributed by atoms with Gasteiger partial charge in [0.15, 0.2) is 5.60 Å². The van der Waals surface area contributed by atoms with Gasteiger partial charge in [0, 0.05) is 21.4 Å². The number of hydrogen-bond acceptors (Lipinski definition) is 7. The molecule has 7 nitrogen and oxygen atoms in total. The molecule has 3 N–H and O–H groups in total. The van der Waals surface area contributed by atoms with Crippen LogP contribution < -0.4 is 11.3 Å². The first-order valence-corrected chi connectivity index (χ1v) is 11.3. The molecule has 1 atom stereocenters. The zero-order valence-electron chi connectivity index (χ0n) is 17.6. The van der Waals surface area contributed by atoms with Crippen molar-refractivity contribution in [2.75, 3.05) is 5.73 Å². The quantitative estimate of drug-likeness (QED) is 0.311. The van der Waals surface area contributed by atoms with Crippen molar-refractivity contribution in [3.63, 3.8) is 0 Å². The van der Waals surface area contributed by atoms with E-state index in [1.807, 2.05) is 0 Å². The second-order valence-corrected chi connectivity index (χ2v) is 9.35. The first kappa shape index (κ1) is 21.2. The molecule has 1 aromatic carbocycles. The first-order chi connectivity index (χ1) is 16.1. The molecule has 174 valence electrons. The minimum atomic E-state index is -4.66. The average Bonchev–Trinajstić information content (AvgIpc) is 3.17. The Hall–Kier alpha value is -3.31. The molecule has 0 unspecified atom stereocenters. The number of thioether (sulfide) groups is 1. The normalized spacial score (nSPS) is 20.2. The number of ether oxygens (including phenoxy) is 1. The number of nitrogens with zero attached hydrogens (tertiary/aromatic N) is 2. The molecule has 34 heavy (non-hydrogen) atoms. The number of carbonyl (C=O) groups is 1. The molecule has 11 heteroatoms. The van der Waals surface area contributed by atoms with Crippen molar-refractivity contribution in [2.24, 2.45) is 0 Å². The number of aliphatic hydroxyl groups is 1. The molecule has 3 aromatic rings. The standard InChI is InChI=1S/C23H16F3N3O4S/c1-2-22(32)12-6-15-18-10(7-29(15)20(30)11(12)8-33-21(22)31)9-3-4-34-19-16(9)14(28-18)5-13(17(19)27)23(24,25)26/h3-6,32H,2,7-8,27H2,1H3/t22-/m0/s1. The molecule has 3 aliphatic heterocycles. The topological polar surface area (TPSA) is 107 Å². The van der Waals surface area contributed by atoms with Crippen LogP contribution in [-0.4, -0.2) is 20.6 Å². The monoisotopic (exact) mass is 487 g/mol. The van der Waals surface area contributed by atoms with Gasteiger partial charge in [0.25, 0.3) is 5.56 Å². The fourth-order valence-corrected chi connectivity index (χ4v) is 5.88. The number of aromatic nitrogens is 2. The SMILES string of the molecule is CC[C@@]1(O)C(=O)OCc2c1cc1n(c2=O)Cc2c-1nc1cc(C(F)(F)F)c(N)c3c1c2C=CS3. The fourth-order valence-electron chi connectivity index (χ4n) is 4.97. The maximum Gasteiger partial charge on any atom is 0.418 e. The Balaban J connectivity index is 1.69. The van der Waals surface area contributed by atoms with E-state index in [4.69, 9.17) is 10.5 Å². The molecule has 0 amide bonds. The van der Waals surface area contributed by atoms with Gasteiger partial charge >= 0.3 is 12.1 Å². The van der Waals surface area contributed by atoms with Crippen LogP contribution in [0.15, 0.2) is 27.2 Å². The Bertz CT molecular complexity index is 1560. The number of pyridine rings is 2. The average molecular weight is 487 g/mol. The third-order valence-corrected chi connectivity index (χ3v) is 7.67. The number of hydrogen-bond donors (Lipinski definition) is 2. The van der Waals surface area contributed by atoms with E-state index in [0.717, 1.165) is 17.8 Å². The van der Waals surface area contributed by atoms with Gasteiger partial charge in [-0.1, -0.05) is 18.7 Å². The predicted octanol–water partition coefficient (Wildman–Crippen LogP) is 3.76. The summed E-state index contributed by atoms with van der Waals surface area (Å²) in [6, 6.07) is 2.46. The number of benzene rings is 1. The van der Waals surface area contributed by atoms with E-state index in [0.29, 0.717) is 27.9 Å². The predicted molar refractivity (Wildman–Crippen MR) is 119 cm³/mol. The summed E-state index contributed by atoms with van der Waals surface area (Å²) in [7, 11) is 0. The number of halogens is 3. The largest absolute Gasteiger partial charge is 0.458 e. The van der Waals surface area contributed by atoms with Gasteiger partial charge in [-0.25, -0.2) is 9.78 Å². The van der Waals surface area contributed by atoms with Gasteiger partial charge in [0.1, 0.15) is 6.61 Å². The molecule has 2 aromatic heterocycles. The lowest BCUT2D eigenvalue weighted by Crippen LogP contribution is -2.44. The Labute approximate surface area is 194 Å². The lowest BCUT2D eigenvalue weighted by atomic mass is 9.86. The van der Waals surface area contributed by atoms with Crippen molar-refractivity contribution in [3.8, 4) is 11.4 Å². The smallest absolute Gasteiger partial charge is 0.418 e. The molecule has 5 heterocycles. The molecule has 0 radical (unpaired) electrons. The summed E-state index contributed by atoms with van der Waals surface area (Å²) in [5, 5.41) is 13.1. The van der Waals surface area contributed by atoms with Gasteiger partial charge < -0.3 is 20.1 Å². The van der Waals surface area contributed by atoms with Crippen LogP contribution in [0.1, 0.15) is 41.2 Å². The van der Waals surface area contributed by atoms with E-state index in [1.54, 1.807) is 18.4 Å². The number of carbonyl (C=O) groups excluding carboxylic acids is 1. The first-order valence-electron chi connectivity index (χ1n) is 10.4. The maximum atomic E-state index is 13.7. The molecular weight excluding hydrogens is 471 g/mol. The highest BCUT2D eigenvalue weighted by molar-refractivity contribution is 8.02. The van der Waals surface area contributed by atoms with Crippen molar-refractivity contribution in [3.05, 3.63) is 55.7 Å². The van der Waals surface area contributed by atoms with E-state index in [9.17, 15) is 27.9 Å². The minimum absolute atomic E-state index is 0.0114. The van der Waals surface area contributed by atoms with Gasteiger partial charge in [-0.05, 0) is 35.6 Å². The molecule has 6 rings (SSSR count). The van der Waals surface area contributed by atoms with Gasteiger partial charge in [-0.3, -0.25) is 4.79 Å². The summed E-state index contributed by atoms with van der Waals surface area (Å²) >= 11 is 1.09. The summed E-state index contributed by atoms with van der Waals surface area (Å²) < 4.78 is 47.5. The highest BCUT2D eigenvalue weighted by atomic mass is 32.2. The fraction of sp³-hybridized carbons (Fsp3) is 0.261. The van der Waals surface area contributed by atoms with Crippen LogP contribution in [0.5, 0.6) is 0 Å². The number of rotatable bonds is 1. The summed E-state index contributed by atoms with van der Waals surface area (Å²) in [6.45, 7) is 1.47. The molecule has 0 saturated carbocycles. The van der Waals surface area contributed by atoms with Crippen molar-refractivity contribution in [2.45, 2.75) is 43.2 Å². The van der Waals surface area contributed by atoms with Gasteiger partial charge in [0.2, 0.25) is 0 Å². The Morgan fingerprint density at radius 2 is 2.06 bits per heavy atom. The summed E-state index contributed by atoms with van der Waals surface area (Å²) in [4.78, 5) is 30.5. The highest BCUT2D eigenvalue weighted by Crippen LogP contribution is 2.49. The number of cyclic esters (lactones) is 1. The zero-order valence-corrected chi connectivity index (χ0v) is 18.4. The molecule has 0 fully saturated rings. The molecule has 0 bridgehead atoms. The lowest BCUT2D eigenvalue weighted by molar-refractivity contribution is -0.172. The molecule has 0 aliphatic carbocycles. The highest BCUT2D eigenvalue weighted by Gasteiger charge is 2.45. The second kappa shape index (κ2) is 6.63. The van der Waals surface area contributed by atoms with Crippen LogP contribution in [0.4, 0.5) is 18.9 Å². The van der Waals surface area contributed by atoms with Crippen LogP contribution in [0, 0.1) is 0 Å².